The fraction of sp³-hybridized carbons (Fsp3) is 0.538. The van der Waals surface area contributed by atoms with Crippen molar-refractivity contribution < 1.29 is 4.39 Å². The van der Waals surface area contributed by atoms with E-state index >= 15 is 0 Å². The monoisotopic (exact) mass is 300 g/mol. The van der Waals surface area contributed by atoms with Crippen LogP contribution in [0.3, 0.4) is 0 Å². The Labute approximate surface area is 110 Å². The van der Waals surface area contributed by atoms with E-state index in [2.05, 4.69) is 33.1 Å². The Morgan fingerprint density at radius 3 is 2.71 bits per heavy atom. The van der Waals surface area contributed by atoms with Crippen molar-refractivity contribution in [3.63, 3.8) is 0 Å². The molecule has 17 heavy (non-hydrogen) atoms. The summed E-state index contributed by atoms with van der Waals surface area (Å²) in [4.78, 5) is 2.47. The molecule has 1 heterocycles. The van der Waals surface area contributed by atoms with Gasteiger partial charge in [0, 0.05) is 36.7 Å². The van der Waals surface area contributed by atoms with Gasteiger partial charge in [-0.3, -0.25) is 4.90 Å². The predicted octanol–water partition coefficient (Wildman–Crippen LogP) is 2.94. The molecule has 94 valence electrons. The molecular weight excluding hydrogens is 283 g/mol. The van der Waals surface area contributed by atoms with Crippen molar-refractivity contribution in [3.05, 3.63) is 34.1 Å². The van der Waals surface area contributed by atoms with Gasteiger partial charge in [-0.2, -0.15) is 0 Å². The van der Waals surface area contributed by atoms with Gasteiger partial charge in [-0.05, 0) is 24.1 Å². The van der Waals surface area contributed by atoms with Gasteiger partial charge >= 0.3 is 0 Å². The van der Waals surface area contributed by atoms with Crippen LogP contribution in [0.1, 0.15) is 24.9 Å². The predicted molar refractivity (Wildman–Crippen MR) is 71.6 cm³/mol. The highest BCUT2D eigenvalue weighted by Crippen LogP contribution is 2.31. The minimum Gasteiger partial charge on any atom is -0.314 e. The van der Waals surface area contributed by atoms with Crippen LogP contribution < -0.4 is 5.32 Å². The molecule has 0 aromatic heterocycles. The van der Waals surface area contributed by atoms with Gasteiger partial charge in [0.15, 0.2) is 0 Å². The second kappa shape index (κ2) is 5.94. The summed E-state index contributed by atoms with van der Waals surface area (Å²) in [5, 5.41) is 3.36. The lowest BCUT2D eigenvalue weighted by molar-refractivity contribution is 0.169. The van der Waals surface area contributed by atoms with E-state index in [-0.39, 0.29) is 5.82 Å². The van der Waals surface area contributed by atoms with Gasteiger partial charge < -0.3 is 5.32 Å². The van der Waals surface area contributed by atoms with Crippen LogP contribution in [0, 0.1) is 5.82 Å². The summed E-state index contributed by atoms with van der Waals surface area (Å²) in [5.41, 5.74) is 1.19. The molecule has 1 aromatic carbocycles. The second-order valence-electron chi connectivity index (χ2n) is 4.38. The number of rotatable bonds is 3. The Balaban J connectivity index is 2.21. The molecule has 2 nitrogen and oxygen atoms in total. The summed E-state index contributed by atoms with van der Waals surface area (Å²) in [5.74, 6) is -0.184. The van der Waals surface area contributed by atoms with E-state index in [0.717, 1.165) is 37.1 Å². The minimum atomic E-state index is -0.184. The molecular formula is C13H18BrFN2. The van der Waals surface area contributed by atoms with E-state index in [1.54, 1.807) is 12.1 Å². The summed E-state index contributed by atoms with van der Waals surface area (Å²) in [6.45, 7) is 6.37. The van der Waals surface area contributed by atoms with E-state index in [0.29, 0.717) is 6.04 Å². The average Bonchev–Trinajstić information content (AvgIpc) is 2.34. The van der Waals surface area contributed by atoms with E-state index in [1.165, 1.54) is 5.56 Å². The van der Waals surface area contributed by atoms with E-state index in [4.69, 9.17) is 0 Å². The maximum Gasteiger partial charge on any atom is 0.124 e. The Bertz CT molecular complexity index is 378. The maximum atomic E-state index is 13.1. The number of halogens is 2. The van der Waals surface area contributed by atoms with Crippen LogP contribution in [-0.2, 0) is 0 Å². The molecule has 1 aliphatic heterocycles. The van der Waals surface area contributed by atoms with Gasteiger partial charge in [-0.1, -0.05) is 28.9 Å². The molecule has 1 atom stereocenters. The van der Waals surface area contributed by atoms with Gasteiger partial charge in [-0.15, -0.1) is 0 Å². The average molecular weight is 301 g/mol. The van der Waals surface area contributed by atoms with Crippen LogP contribution in [-0.4, -0.2) is 31.1 Å². The van der Waals surface area contributed by atoms with Crippen LogP contribution in [0.4, 0.5) is 4.39 Å². The largest absolute Gasteiger partial charge is 0.314 e. The quantitative estimate of drug-likeness (QED) is 0.923. The molecule has 0 radical (unpaired) electrons. The normalized spacial score (nSPS) is 19.2. The van der Waals surface area contributed by atoms with Gasteiger partial charge in [0.2, 0.25) is 0 Å². The number of hydrogen-bond acceptors (Lipinski definition) is 2. The van der Waals surface area contributed by atoms with Gasteiger partial charge in [0.25, 0.3) is 0 Å². The summed E-state index contributed by atoms with van der Waals surface area (Å²) in [7, 11) is 0. The summed E-state index contributed by atoms with van der Waals surface area (Å²) < 4.78 is 14.0. The lowest BCUT2D eigenvalue weighted by Crippen LogP contribution is -2.45. The Kier molecular flexibility index (Phi) is 4.54. The number of nitrogens with zero attached hydrogens (tertiary/aromatic N) is 1. The highest BCUT2D eigenvalue weighted by Gasteiger charge is 2.22. The summed E-state index contributed by atoms with van der Waals surface area (Å²) >= 11 is 3.47. The fourth-order valence-corrected chi connectivity index (χ4v) is 3.06. The van der Waals surface area contributed by atoms with E-state index in [1.807, 2.05) is 6.07 Å². The Morgan fingerprint density at radius 1 is 1.41 bits per heavy atom. The van der Waals surface area contributed by atoms with Crippen molar-refractivity contribution in [3.8, 4) is 0 Å². The van der Waals surface area contributed by atoms with Crippen LogP contribution in [0.5, 0.6) is 0 Å². The number of hydrogen-bond donors (Lipinski definition) is 1. The molecule has 0 bridgehead atoms. The van der Waals surface area contributed by atoms with Crippen molar-refractivity contribution in [1.82, 2.24) is 10.2 Å². The smallest absolute Gasteiger partial charge is 0.124 e. The van der Waals surface area contributed by atoms with Crippen LogP contribution in [0.2, 0.25) is 0 Å². The first-order valence-corrected chi connectivity index (χ1v) is 6.91. The van der Waals surface area contributed by atoms with Crippen molar-refractivity contribution in [2.75, 3.05) is 26.2 Å². The molecule has 1 aliphatic rings. The fourth-order valence-electron chi connectivity index (χ4n) is 2.44. The zero-order chi connectivity index (χ0) is 12.3. The lowest BCUT2D eigenvalue weighted by Gasteiger charge is -2.35. The van der Waals surface area contributed by atoms with Gasteiger partial charge in [-0.25, -0.2) is 4.39 Å². The number of piperazine rings is 1. The molecule has 0 saturated carbocycles. The van der Waals surface area contributed by atoms with Crippen LogP contribution >= 0.6 is 15.9 Å². The molecule has 2 rings (SSSR count). The third kappa shape index (κ3) is 3.06. The SMILES string of the molecule is CC[C@@H](c1ccc(F)cc1Br)N1CCNCC1. The van der Waals surface area contributed by atoms with Crippen LogP contribution in [0.15, 0.2) is 22.7 Å². The Hall–Kier alpha value is -0.450. The molecule has 1 saturated heterocycles. The molecule has 0 amide bonds. The van der Waals surface area contributed by atoms with Crippen molar-refractivity contribution >= 4 is 15.9 Å². The first kappa shape index (κ1) is 13.0. The zero-order valence-corrected chi connectivity index (χ0v) is 11.6. The van der Waals surface area contributed by atoms with Crippen molar-refractivity contribution in [2.45, 2.75) is 19.4 Å². The molecule has 0 spiro atoms. The molecule has 1 fully saturated rings. The molecule has 0 aliphatic carbocycles. The van der Waals surface area contributed by atoms with Crippen LogP contribution in [0.25, 0.3) is 0 Å². The van der Waals surface area contributed by atoms with Gasteiger partial charge in [0.1, 0.15) is 5.82 Å². The number of nitrogens with one attached hydrogen (secondary N) is 1. The Morgan fingerprint density at radius 2 is 2.12 bits per heavy atom. The molecule has 0 unspecified atom stereocenters. The second-order valence-corrected chi connectivity index (χ2v) is 5.23. The first-order valence-electron chi connectivity index (χ1n) is 6.12. The minimum absolute atomic E-state index is 0.184. The van der Waals surface area contributed by atoms with E-state index in [9.17, 15) is 4.39 Å². The maximum absolute atomic E-state index is 13.1. The number of benzene rings is 1. The van der Waals surface area contributed by atoms with Gasteiger partial charge in [0.05, 0.1) is 0 Å². The summed E-state index contributed by atoms with van der Waals surface area (Å²) in [6, 6.07) is 5.38. The lowest BCUT2D eigenvalue weighted by atomic mass is 10.0. The third-order valence-electron chi connectivity index (χ3n) is 3.30. The van der Waals surface area contributed by atoms with Crippen molar-refractivity contribution in [2.24, 2.45) is 0 Å². The molecule has 1 N–H and O–H groups in total. The molecule has 4 heteroatoms. The highest BCUT2D eigenvalue weighted by molar-refractivity contribution is 9.10. The van der Waals surface area contributed by atoms with Crippen molar-refractivity contribution in [1.29, 1.82) is 0 Å². The topological polar surface area (TPSA) is 15.3 Å². The zero-order valence-electron chi connectivity index (χ0n) is 10.0. The highest BCUT2D eigenvalue weighted by atomic mass is 79.9. The first-order chi connectivity index (χ1) is 8.22. The standard InChI is InChI=1S/C13H18BrFN2/c1-2-13(17-7-5-16-6-8-17)11-4-3-10(15)9-12(11)14/h3-4,9,13,16H,2,5-8H2,1H3/t13-/m0/s1. The third-order valence-corrected chi connectivity index (χ3v) is 3.99. The van der Waals surface area contributed by atoms with E-state index < -0.39 is 0 Å². The summed E-state index contributed by atoms with van der Waals surface area (Å²) in [6.07, 6.45) is 1.05. The molecule has 1 aromatic rings.